The molecular formula is C13H11BrFNO2. The molecule has 0 fully saturated rings. The molecule has 1 aromatic carbocycles. The van der Waals surface area contributed by atoms with Gasteiger partial charge in [-0.25, -0.2) is 4.39 Å². The fourth-order valence-electron chi connectivity index (χ4n) is 1.60. The van der Waals surface area contributed by atoms with Crippen molar-refractivity contribution in [2.45, 2.75) is 6.54 Å². The Labute approximate surface area is 112 Å². The zero-order valence-electron chi connectivity index (χ0n) is 9.69. The van der Waals surface area contributed by atoms with Crippen LogP contribution < -0.4 is 0 Å². The van der Waals surface area contributed by atoms with Crippen LogP contribution in [0.15, 0.2) is 45.5 Å². The third-order valence-electron chi connectivity index (χ3n) is 2.50. The van der Waals surface area contributed by atoms with Crippen LogP contribution in [-0.2, 0) is 6.54 Å². The summed E-state index contributed by atoms with van der Waals surface area (Å²) in [6.07, 6.45) is 1.53. The summed E-state index contributed by atoms with van der Waals surface area (Å²) in [6.45, 7) is 0.298. The quantitative estimate of drug-likeness (QED) is 0.870. The molecule has 0 N–H and O–H groups in total. The summed E-state index contributed by atoms with van der Waals surface area (Å²) in [5.74, 6) is -0.282. The van der Waals surface area contributed by atoms with Crippen molar-refractivity contribution in [2.75, 3.05) is 7.05 Å². The summed E-state index contributed by atoms with van der Waals surface area (Å²) in [6, 6.07) is 7.95. The predicted octanol–water partition coefficient (Wildman–Crippen LogP) is 3.45. The second kappa shape index (κ2) is 5.35. The lowest BCUT2D eigenvalue weighted by molar-refractivity contribution is 0.0770. The lowest BCUT2D eigenvalue weighted by Crippen LogP contribution is -2.27. The van der Waals surface area contributed by atoms with Gasteiger partial charge < -0.3 is 9.32 Å². The van der Waals surface area contributed by atoms with Crippen LogP contribution in [-0.4, -0.2) is 17.9 Å². The van der Waals surface area contributed by atoms with Gasteiger partial charge in [0.15, 0.2) is 0 Å². The van der Waals surface area contributed by atoms with Gasteiger partial charge >= 0.3 is 0 Å². The third-order valence-corrected chi connectivity index (χ3v) is 3.16. The smallest absolute Gasteiger partial charge is 0.258 e. The highest BCUT2D eigenvalue weighted by Gasteiger charge is 2.19. The predicted molar refractivity (Wildman–Crippen MR) is 68.6 cm³/mol. The van der Waals surface area contributed by atoms with Crippen molar-refractivity contribution in [2.24, 2.45) is 0 Å². The maximum atomic E-state index is 13.6. The molecule has 0 saturated carbocycles. The average molecular weight is 312 g/mol. The van der Waals surface area contributed by atoms with Gasteiger partial charge in [-0.2, -0.15) is 0 Å². The van der Waals surface area contributed by atoms with Crippen molar-refractivity contribution in [3.63, 3.8) is 0 Å². The lowest BCUT2D eigenvalue weighted by atomic mass is 10.2. The largest absolute Gasteiger partial charge is 0.467 e. The van der Waals surface area contributed by atoms with Crippen molar-refractivity contribution in [3.05, 3.63) is 58.2 Å². The first-order valence-corrected chi connectivity index (χ1v) is 6.10. The number of rotatable bonds is 3. The number of hydrogen-bond acceptors (Lipinski definition) is 2. The third kappa shape index (κ3) is 2.61. The molecule has 3 nitrogen and oxygen atoms in total. The molecule has 5 heteroatoms. The van der Waals surface area contributed by atoms with Crippen LogP contribution in [0, 0.1) is 5.82 Å². The van der Waals surface area contributed by atoms with E-state index >= 15 is 0 Å². The van der Waals surface area contributed by atoms with E-state index in [4.69, 9.17) is 4.42 Å². The summed E-state index contributed by atoms with van der Waals surface area (Å²) in [5.41, 5.74) is 0.0338. The number of carbonyl (C=O) groups excluding carboxylic acids is 1. The molecular weight excluding hydrogens is 301 g/mol. The average Bonchev–Trinajstić information content (AvgIpc) is 2.81. The van der Waals surface area contributed by atoms with E-state index in [9.17, 15) is 9.18 Å². The minimum absolute atomic E-state index is 0.0338. The van der Waals surface area contributed by atoms with Crippen molar-refractivity contribution in [1.29, 1.82) is 0 Å². The Bertz CT molecular complexity index is 534. The molecule has 1 heterocycles. The monoisotopic (exact) mass is 311 g/mol. The summed E-state index contributed by atoms with van der Waals surface area (Å²) >= 11 is 3.18. The Morgan fingerprint density at radius 1 is 1.39 bits per heavy atom. The molecule has 0 unspecified atom stereocenters. The second-order valence-electron chi connectivity index (χ2n) is 3.84. The van der Waals surface area contributed by atoms with Gasteiger partial charge in [-0.3, -0.25) is 4.79 Å². The molecule has 18 heavy (non-hydrogen) atoms. The van der Waals surface area contributed by atoms with E-state index in [1.165, 1.54) is 17.2 Å². The first kappa shape index (κ1) is 12.8. The first-order valence-electron chi connectivity index (χ1n) is 5.31. The van der Waals surface area contributed by atoms with E-state index < -0.39 is 11.7 Å². The minimum Gasteiger partial charge on any atom is -0.467 e. The van der Waals surface area contributed by atoms with Crippen molar-refractivity contribution >= 4 is 21.8 Å². The normalized spacial score (nSPS) is 10.4. The molecule has 2 rings (SSSR count). The van der Waals surface area contributed by atoms with Gasteiger partial charge in [-0.1, -0.05) is 6.07 Å². The number of benzene rings is 1. The molecule has 0 atom stereocenters. The molecule has 0 saturated heterocycles. The zero-order chi connectivity index (χ0) is 13.1. The van der Waals surface area contributed by atoms with Gasteiger partial charge in [-0.15, -0.1) is 0 Å². The van der Waals surface area contributed by atoms with Crippen LogP contribution >= 0.6 is 15.9 Å². The number of hydrogen-bond donors (Lipinski definition) is 0. The SMILES string of the molecule is CN(Cc1ccco1)C(=O)c1c(F)cccc1Br. The molecule has 0 aliphatic heterocycles. The van der Waals surface area contributed by atoms with Crippen LogP contribution in [0.5, 0.6) is 0 Å². The van der Waals surface area contributed by atoms with Crippen LogP contribution in [0.2, 0.25) is 0 Å². The maximum absolute atomic E-state index is 13.6. The summed E-state index contributed by atoms with van der Waals surface area (Å²) in [5, 5.41) is 0. The highest BCUT2D eigenvalue weighted by molar-refractivity contribution is 9.10. The maximum Gasteiger partial charge on any atom is 0.258 e. The van der Waals surface area contributed by atoms with Gasteiger partial charge in [0, 0.05) is 11.5 Å². The van der Waals surface area contributed by atoms with E-state index in [1.807, 2.05) is 0 Å². The second-order valence-corrected chi connectivity index (χ2v) is 4.69. The highest BCUT2D eigenvalue weighted by atomic mass is 79.9. The number of halogens is 2. The van der Waals surface area contributed by atoms with Crippen LogP contribution in [0.25, 0.3) is 0 Å². The molecule has 0 aliphatic carbocycles. The number of amides is 1. The van der Waals surface area contributed by atoms with Crippen molar-refractivity contribution in [3.8, 4) is 0 Å². The summed E-state index contributed by atoms with van der Waals surface area (Å²) < 4.78 is 19.2. The number of carbonyl (C=O) groups is 1. The van der Waals surface area contributed by atoms with Gasteiger partial charge in [0.05, 0.1) is 18.4 Å². The van der Waals surface area contributed by atoms with Gasteiger partial charge in [-0.05, 0) is 40.2 Å². The van der Waals surface area contributed by atoms with E-state index in [0.29, 0.717) is 16.8 Å². The molecule has 94 valence electrons. The fourth-order valence-corrected chi connectivity index (χ4v) is 2.11. The van der Waals surface area contributed by atoms with E-state index in [2.05, 4.69) is 15.9 Å². The Morgan fingerprint density at radius 3 is 2.78 bits per heavy atom. The Hall–Kier alpha value is -1.62. The van der Waals surface area contributed by atoms with Gasteiger partial charge in [0.2, 0.25) is 0 Å². The highest BCUT2D eigenvalue weighted by Crippen LogP contribution is 2.21. The van der Waals surface area contributed by atoms with E-state index in [1.54, 1.807) is 31.3 Å². The molecule has 1 aromatic heterocycles. The van der Waals surface area contributed by atoms with E-state index in [-0.39, 0.29) is 5.56 Å². The fraction of sp³-hybridized carbons (Fsp3) is 0.154. The van der Waals surface area contributed by atoms with Crippen molar-refractivity contribution < 1.29 is 13.6 Å². The summed E-state index contributed by atoms with van der Waals surface area (Å²) in [7, 11) is 1.60. The van der Waals surface area contributed by atoms with Gasteiger partial charge in [0.1, 0.15) is 11.6 Å². The standard InChI is InChI=1S/C13H11BrFNO2/c1-16(8-9-4-3-7-18-9)13(17)12-10(14)5-2-6-11(12)15/h2-7H,8H2,1H3. The topological polar surface area (TPSA) is 33.5 Å². The van der Waals surface area contributed by atoms with E-state index in [0.717, 1.165) is 0 Å². The van der Waals surface area contributed by atoms with Crippen LogP contribution in [0.4, 0.5) is 4.39 Å². The molecule has 1 amide bonds. The Kier molecular flexibility index (Phi) is 3.81. The number of furan rings is 1. The Balaban J connectivity index is 2.21. The number of nitrogens with zero attached hydrogens (tertiary/aromatic N) is 1. The molecule has 2 aromatic rings. The lowest BCUT2D eigenvalue weighted by Gasteiger charge is -2.17. The van der Waals surface area contributed by atoms with Crippen LogP contribution in [0.1, 0.15) is 16.1 Å². The molecule has 0 bridgehead atoms. The molecule has 0 spiro atoms. The zero-order valence-corrected chi connectivity index (χ0v) is 11.3. The first-order chi connectivity index (χ1) is 8.59. The molecule has 0 radical (unpaired) electrons. The van der Waals surface area contributed by atoms with Gasteiger partial charge in [0.25, 0.3) is 5.91 Å². The Morgan fingerprint density at radius 2 is 2.17 bits per heavy atom. The summed E-state index contributed by atoms with van der Waals surface area (Å²) in [4.78, 5) is 13.5. The molecule has 0 aliphatic rings. The van der Waals surface area contributed by atoms with Crippen molar-refractivity contribution in [1.82, 2.24) is 4.90 Å². The minimum atomic E-state index is -0.541. The van der Waals surface area contributed by atoms with Crippen LogP contribution in [0.3, 0.4) is 0 Å².